The van der Waals surface area contributed by atoms with Crippen LogP contribution in [0.25, 0.3) is 0 Å². The normalized spacial score (nSPS) is 26.1. The molecule has 1 aliphatic rings. The van der Waals surface area contributed by atoms with E-state index in [9.17, 15) is 0 Å². The molecule has 82 valence electrons. The molecule has 1 aromatic carbocycles. The first-order valence-corrected chi connectivity index (χ1v) is 10.6. The van der Waals surface area contributed by atoms with Gasteiger partial charge < -0.3 is 0 Å². The van der Waals surface area contributed by atoms with Crippen molar-refractivity contribution in [2.24, 2.45) is 0 Å². The van der Waals surface area contributed by atoms with Crippen LogP contribution in [0.3, 0.4) is 0 Å². The Balaban J connectivity index is 0.00000128. The maximum absolute atomic E-state index is 2.44. The summed E-state index contributed by atoms with van der Waals surface area (Å²) in [6.07, 6.45) is 1.48. The number of rotatable bonds is 2. The van der Waals surface area contributed by atoms with Crippen LogP contribution in [0.2, 0.25) is 9.63 Å². The third-order valence-electron chi connectivity index (χ3n) is 2.20. The van der Waals surface area contributed by atoms with E-state index in [4.69, 9.17) is 0 Å². The topological polar surface area (TPSA) is 0 Å². The molecule has 1 fully saturated rings. The van der Waals surface area contributed by atoms with Gasteiger partial charge in [-0.3, -0.25) is 0 Å². The van der Waals surface area contributed by atoms with Gasteiger partial charge in [-0.25, -0.2) is 0 Å². The zero-order valence-electron chi connectivity index (χ0n) is 9.97. The smallest absolute Gasteiger partial charge is 1.00 e. The van der Waals surface area contributed by atoms with Gasteiger partial charge in [0.2, 0.25) is 0 Å². The largest absolute Gasteiger partial charge is 1.00 e. The molecule has 1 aliphatic heterocycles. The third kappa shape index (κ3) is 4.93. The van der Waals surface area contributed by atoms with Crippen molar-refractivity contribution in [3.8, 4) is 0 Å². The summed E-state index contributed by atoms with van der Waals surface area (Å²) in [4.78, 5) is 1.98. The van der Waals surface area contributed by atoms with E-state index >= 15 is 0 Å². The van der Waals surface area contributed by atoms with Gasteiger partial charge in [0, 0.05) is 0 Å². The van der Waals surface area contributed by atoms with E-state index in [1.54, 1.807) is 4.46 Å². The Kier molecular flexibility index (Phi) is 7.46. The van der Waals surface area contributed by atoms with E-state index in [0.717, 1.165) is 39.5 Å². The predicted octanol–water partition coefficient (Wildman–Crippen LogP) is -1.10. The van der Waals surface area contributed by atoms with Gasteiger partial charge in [0.15, 0.2) is 0 Å². The van der Waals surface area contributed by atoms with Crippen molar-refractivity contribution in [3.05, 3.63) is 32.9 Å². The van der Waals surface area contributed by atoms with Crippen molar-refractivity contribution in [1.29, 1.82) is 0 Å². The standard InChI is InChI=1S/C12H15Se3.Li/c1-9-8-10(2)14-12(13-9)15-11-6-4-3-5-7-11;/h3-7,9-10H,8H2,1-2H3;/q-1;+1/t9-,10+;. The summed E-state index contributed by atoms with van der Waals surface area (Å²) in [5, 5.41) is 0. The van der Waals surface area contributed by atoms with Gasteiger partial charge in [0.25, 0.3) is 0 Å². The van der Waals surface area contributed by atoms with Crippen LogP contribution >= 0.6 is 0 Å². The monoisotopic (exact) mass is 406 g/mol. The molecule has 0 aromatic heterocycles. The number of hydrogen-bond acceptors (Lipinski definition) is 0. The summed E-state index contributed by atoms with van der Waals surface area (Å²) in [6, 6.07) is 11.1. The molecule has 1 saturated heterocycles. The second-order valence-corrected chi connectivity index (χ2v) is 16.0. The summed E-state index contributed by atoms with van der Waals surface area (Å²) in [7, 11) is 0. The van der Waals surface area contributed by atoms with Gasteiger partial charge in [-0.2, -0.15) is 0 Å². The van der Waals surface area contributed by atoms with E-state index < -0.39 is 0 Å². The zero-order valence-corrected chi connectivity index (χ0v) is 15.1. The Morgan fingerprint density at radius 1 is 1.12 bits per heavy atom. The summed E-state index contributed by atoms with van der Waals surface area (Å²) in [5.74, 6) is 0. The van der Waals surface area contributed by atoms with Gasteiger partial charge in [-0.05, 0) is 0 Å². The van der Waals surface area contributed by atoms with Crippen LogP contribution in [0.15, 0.2) is 30.3 Å². The molecule has 0 spiro atoms. The van der Waals surface area contributed by atoms with Crippen LogP contribution in [0.4, 0.5) is 0 Å². The molecule has 0 bridgehead atoms. The molecule has 4 heteroatoms. The molecule has 0 aliphatic carbocycles. The molecule has 0 radical (unpaired) electrons. The van der Waals surface area contributed by atoms with Crippen molar-refractivity contribution < 1.29 is 18.9 Å². The fourth-order valence-corrected chi connectivity index (χ4v) is 17.4. The van der Waals surface area contributed by atoms with Crippen molar-refractivity contribution in [3.63, 3.8) is 0 Å². The first-order valence-electron chi connectivity index (χ1n) is 5.17. The Hall–Kier alpha value is 1.38. The van der Waals surface area contributed by atoms with Crippen LogP contribution in [0, 0.1) is 2.61 Å². The van der Waals surface area contributed by atoms with Crippen LogP contribution < -0.4 is 23.3 Å². The van der Waals surface area contributed by atoms with Gasteiger partial charge >= 0.3 is 131 Å². The Morgan fingerprint density at radius 3 is 2.25 bits per heavy atom. The Morgan fingerprint density at radius 2 is 1.69 bits per heavy atom. The molecule has 1 aromatic rings. The van der Waals surface area contributed by atoms with Crippen molar-refractivity contribution in [2.45, 2.75) is 29.9 Å². The minimum absolute atomic E-state index is 0. The second-order valence-electron chi connectivity index (χ2n) is 3.76. The van der Waals surface area contributed by atoms with Crippen LogP contribution in [-0.2, 0) is 0 Å². The van der Waals surface area contributed by atoms with Crippen LogP contribution in [0.5, 0.6) is 0 Å². The van der Waals surface area contributed by atoms with Crippen LogP contribution in [0.1, 0.15) is 20.3 Å². The van der Waals surface area contributed by atoms with Crippen molar-refractivity contribution >= 4 is 49.3 Å². The fourth-order valence-electron chi connectivity index (χ4n) is 1.55. The molecular weight excluding hydrogens is 388 g/mol. The molecule has 16 heavy (non-hydrogen) atoms. The van der Waals surface area contributed by atoms with Gasteiger partial charge in [0.05, 0.1) is 0 Å². The fraction of sp³-hybridized carbons (Fsp3) is 0.417. The minimum Gasteiger partial charge on any atom is 1.00 e. The van der Waals surface area contributed by atoms with E-state index in [-0.39, 0.29) is 18.9 Å². The maximum atomic E-state index is 2.44. The van der Waals surface area contributed by atoms with Gasteiger partial charge in [0.1, 0.15) is 0 Å². The molecule has 2 atom stereocenters. The maximum Gasteiger partial charge on any atom is 1.00 e. The molecule has 0 nitrogen and oxygen atoms in total. The Bertz CT molecular complexity index is 294. The predicted molar refractivity (Wildman–Crippen MR) is 70.0 cm³/mol. The first-order chi connectivity index (χ1) is 7.24. The average Bonchev–Trinajstić information content (AvgIpc) is 2.17. The molecular formula is C12H15LiSe3. The third-order valence-corrected chi connectivity index (χ3v) is 12.9. The number of benzene rings is 1. The zero-order chi connectivity index (χ0) is 10.7. The van der Waals surface area contributed by atoms with E-state index in [2.05, 4.69) is 44.2 Å². The second kappa shape index (κ2) is 7.73. The summed E-state index contributed by atoms with van der Waals surface area (Å²) < 4.78 is 3.52. The molecule has 0 saturated carbocycles. The minimum atomic E-state index is 0. The number of hydrogen-bond donors (Lipinski definition) is 0. The molecule has 0 unspecified atom stereocenters. The van der Waals surface area contributed by atoms with Crippen LogP contribution in [-0.4, -0.2) is 44.9 Å². The van der Waals surface area contributed by atoms with E-state index in [0.29, 0.717) is 15.0 Å². The molecule has 2 rings (SSSR count). The van der Waals surface area contributed by atoms with Gasteiger partial charge in [-0.1, -0.05) is 0 Å². The molecule has 0 N–H and O–H groups in total. The Labute approximate surface area is 130 Å². The SMILES string of the molecule is C[C@@H]1C[C@H](C)[Se][C-]([Se]c2ccccc2)[Se]1.[Li+]. The van der Waals surface area contributed by atoms with E-state index in [1.165, 1.54) is 6.42 Å². The van der Waals surface area contributed by atoms with Gasteiger partial charge in [-0.15, -0.1) is 0 Å². The summed E-state index contributed by atoms with van der Waals surface area (Å²) >= 11 is 2.34. The summed E-state index contributed by atoms with van der Waals surface area (Å²) in [6.45, 7) is 4.87. The molecule has 0 amide bonds. The van der Waals surface area contributed by atoms with Crippen molar-refractivity contribution in [2.75, 3.05) is 0 Å². The van der Waals surface area contributed by atoms with E-state index in [1.807, 2.05) is 2.61 Å². The van der Waals surface area contributed by atoms with Crippen molar-refractivity contribution in [1.82, 2.24) is 0 Å². The average molecular weight is 403 g/mol. The summed E-state index contributed by atoms with van der Waals surface area (Å²) in [5.41, 5.74) is 0. The quantitative estimate of drug-likeness (QED) is 0.435. The first kappa shape index (κ1) is 15.4. The molecule has 1 heterocycles.